The lowest BCUT2D eigenvalue weighted by molar-refractivity contribution is -0.127. The van der Waals surface area contributed by atoms with Crippen LogP contribution in [0.3, 0.4) is 0 Å². The van der Waals surface area contributed by atoms with Crippen LogP contribution in [0.15, 0.2) is 12.3 Å². The number of carbonyl (C=O) groups is 1. The van der Waals surface area contributed by atoms with E-state index in [-0.39, 0.29) is 5.91 Å². The molecule has 0 aliphatic carbocycles. The number of aromatic nitrogens is 1. The molecule has 0 aromatic carbocycles. The van der Waals surface area contributed by atoms with E-state index >= 15 is 0 Å². The molecule has 1 saturated heterocycles. The van der Waals surface area contributed by atoms with E-state index in [9.17, 15) is 4.79 Å². The fraction of sp³-hybridized carbons (Fsp3) is 0.600. The SMILES string of the molecule is Cc1cc(NC(=O)C(C)(C)C2CCCNC2)cnc1Cl. The molecule has 0 spiro atoms. The summed E-state index contributed by atoms with van der Waals surface area (Å²) < 4.78 is 0. The van der Waals surface area contributed by atoms with Gasteiger partial charge in [0.1, 0.15) is 5.15 Å². The number of anilines is 1. The van der Waals surface area contributed by atoms with Gasteiger partial charge in [-0.25, -0.2) is 4.98 Å². The molecule has 4 nitrogen and oxygen atoms in total. The van der Waals surface area contributed by atoms with Gasteiger partial charge in [0.2, 0.25) is 5.91 Å². The second kappa shape index (κ2) is 6.10. The van der Waals surface area contributed by atoms with Crippen LogP contribution in [-0.4, -0.2) is 24.0 Å². The molecule has 1 aromatic rings. The molecular formula is C15H22ClN3O. The first-order valence-corrected chi connectivity index (χ1v) is 7.43. The van der Waals surface area contributed by atoms with Crippen molar-refractivity contribution in [2.24, 2.45) is 11.3 Å². The highest BCUT2D eigenvalue weighted by atomic mass is 35.5. The quantitative estimate of drug-likeness (QED) is 0.843. The standard InChI is InChI=1S/C15H22ClN3O/c1-10-7-12(9-18-13(10)16)19-14(20)15(2,3)11-5-4-6-17-8-11/h7,9,11,17H,4-6,8H2,1-3H3,(H,19,20). The second-order valence-corrected chi connectivity index (χ2v) is 6.41. The third-order valence-corrected chi connectivity index (χ3v) is 4.57. The van der Waals surface area contributed by atoms with Crippen LogP contribution in [0.5, 0.6) is 0 Å². The van der Waals surface area contributed by atoms with Crippen molar-refractivity contribution in [3.8, 4) is 0 Å². The first kappa shape index (κ1) is 15.3. The first-order chi connectivity index (χ1) is 9.41. The summed E-state index contributed by atoms with van der Waals surface area (Å²) in [6.45, 7) is 7.85. The Balaban J connectivity index is 2.07. The Morgan fingerprint density at radius 1 is 1.55 bits per heavy atom. The van der Waals surface area contributed by atoms with Gasteiger partial charge in [-0.05, 0) is 50.4 Å². The van der Waals surface area contributed by atoms with Crippen molar-refractivity contribution in [1.29, 1.82) is 0 Å². The number of hydrogen-bond donors (Lipinski definition) is 2. The highest BCUT2D eigenvalue weighted by Crippen LogP contribution is 2.33. The Kier molecular flexibility index (Phi) is 4.66. The van der Waals surface area contributed by atoms with E-state index in [0.717, 1.165) is 31.5 Å². The number of aryl methyl sites for hydroxylation is 1. The van der Waals surface area contributed by atoms with Crippen LogP contribution in [0.2, 0.25) is 5.15 Å². The molecule has 5 heteroatoms. The van der Waals surface area contributed by atoms with Gasteiger partial charge in [0.25, 0.3) is 0 Å². The maximum absolute atomic E-state index is 12.5. The van der Waals surface area contributed by atoms with E-state index < -0.39 is 5.41 Å². The van der Waals surface area contributed by atoms with Crippen LogP contribution in [0.1, 0.15) is 32.3 Å². The van der Waals surface area contributed by atoms with Gasteiger partial charge in [-0.2, -0.15) is 0 Å². The summed E-state index contributed by atoms with van der Waals surface area (Å²) in [5, 5.41) is 6.80. The molecule has 1 aromatic heterocycles. The lowest BCUT2D eigenvalue weighted by Crippen LogP contribution is -2.44. The van der Waals surface area contributed by atoms with Gasteiger partial charge in [-0.15, -0.1) is 0 Å². The molecule has 0 bridgehead atoms. The smallest absolute Gasteiger partial charge is 0.230 e. The van der Waals surface area contributed by atoms with Crippen LogP contribution in [0.25, 0.3) is 0 Å². The lowest BCUT2D eigenvalue weighted by atomic mass is 9.74. The topological polar surface area (TPSA) is 54.0 Å². The van der Waals surface area contributed by atoms with Gasteiger partial charge in [0.05, 0.1) is 11.9 Å². The van der Waals surface area contributed by atoms with Crippen molar-refractivity contribution in [3.63, 3.8) is 0 Å². The fourth-order valence-electron chi connectivity index (χ4n) is 2.57. The van der Waals surface area contributed by atoms with Gasteiger partial charge in [-0.1, -0.05) is 25.4 Å². The molecule has 1 amide bonds. The molecule has 1 unspecified atom stereocenters. The van der Waals surface area contributed by atoms with Gasteiger partial charge in [0.15, 0.2) is 0 Å². The molecule has 0 radical (unpaired) electrons. The zero-order valence-electron chi connectivity index (χ0n) is 12.3. The zero-order valence-corrected chi connectivity index (χ0v) is 13.0. The molecule has 1 atom stereocenters. The molecule has 1 aliphatic heterocycles. The highest BCUT2D eigenvalue weighted by molar-refractivity contribution is 6.30. The number of carbonyl (C=O) groups excluding carboxylic acids is 1. The second-order valence-electron chi connectivity index (χ2n) is 6.05. The van der Waals surface area contributed by atoms with Gasteiger partial charge in [0, 0.05) is 5.41 Å². The molecule has 110 valence electrons. The highest BCUT2D eigenvalue weighted by Gasteiger charge is 2.37. The summed E-state index contributed by atoms with van der Waals surface area (Å²) >= 11 is 5.90. The molecule has 2 heterocycles. The number of rotatable bonds is 3. The number of piperidine rings is 1. The third-order valence-electron chi connectivity index (χ3n) is 4.17. The molecular weight excluding hydrogens is 274 g/mol. The van der Waals surface area contributed by atoms with E-state index in [1.165, 1.54) is 0 Å². The maximum Gasteiger partial charge on any atom is 0.230 e. The zero-order chi connectivity index (χ0) is 14.8. The summed E-state index contributed by atoms with van der Waals surface area (Å²) in [5.74, 6) is 0.396. The summed E-state index contributed by atoms with van der Waals surface area (Å²) in [6.07, 6.45) is 3.82. The molecule has 20 heavy (non-hydrogen) atoms. The Morgan fingerprint density at radius 2 is 2.30 bits per heavy atom. The average Bonchev–Trinajstić information content (AvgIpc) is 2.44. The molecule has 2 N–H and O–H groups in total. The van der Waals surface area contributed by atoms with Gasteiger partial charge in [-0.3, -0.25) is 4.79 Å². The summed E-state index contributed by atoms with van der Waals surface area (Å²) in [4.78, 5) is 16.6. The Hall–Kier alpha value is -1.13. The maximum atomic E-state index is 12.5. The predicted molar refractivity (Wildman–Crippen MR) is 82.0 cm³/mol. The first-order valence-electron chi connectivity index (χ1n) is 7.05. The normalized spacial score (nSPS) is 19.7. The molecule has 0 saturated carbocycles. The molecule has 2 rings (SSSR count). The van der Waals surface area contributed by atoms with Gasteiger partial charge >= 0.3 is 0 Å². The Morgan fingerprint density at radius 3 is 2.90 bits per heavy atom. The van der Waals surface area contributed by atoms with Crippen LogP contribution < -0.4 is 10.6 Å². The Labute approximate surface area is 125 Å². The minimum atomic E-state index is -0.402. The Bertz CT molecular complexity index is 496. The van der Waals surface area contributed by atoms with Crippen LogP contribution in [0, 0.1) is 18.3 Å². The lowest BCUT2D eigenvalue weighted by Gasteiger charge is -2.36. The van der Waals surface area contributed by atoms with Crippen molar-refractivity contribution in [1.82, 2.24) is 10.3 Å². The van der Waals surface area contributed by atoms with E-state index in [4.69, 9.17) is 11.6 Å². The average molecular weight is 296 g/mol. The van der Waals surface area contributed by atoms with Crippen molar-refractivity contribution in [2.45, 2.75) is 33.6 Å². The van der Waals surface area contributed by atoms with E-state index in [1.54, 1.807) is 6.20 Å². The number of halogens is 1. The molecule has 1 fully saturated rings. The van der Waals surface area contributed by atoms with Crippen molar-refractivity contribution < 1.29 is 4.79 Å². The molecule has 1 aliphatic rings. The number of hydrogen-bond acceptors (Lipinski definition) is 3. The summed E-state index contributed by atoms with van der Waals surface area (Å²) in [6, 6.07) is 1.85. The van der Waals surface area contributed by atoms with E-state index in [2.05, 4.69) is 15.6 Å². The largest absolute Gasteiger partial charge is 0.324 e. The van der Waals surface area contributed by atoms with Crippen molar-refractivity contribution in [3.05, 3.63) is 23.0 Å². The van der Waals surface area contributed by atoms with E-state index in [0.29, 0.717) is 16.8 Å². The van der Waals surface area contributed by atoms with Crippen LogP contribution in [0.4, 0.5) is 5.69 Å². The van der Waals surface area contributed by atoms with Gasteiger partial charge < -0.3 is 10.6 Å². The fourth-order valence-corrected chi connectivity index (χ4v) is 2.68. The van der Waals surface area contributed by atoms with Crippen molar-refractivity contribution in [2.75, 3.05) is 18.4 Å². The van der Waals surface area contributed by atoms with Crippen molar-refractivity contribution >= 4 is 23.2 Å². The van der Waals surface area contributed by atoms with Crippen LogP contribution >= 0.6 is 11.6 Å². The minimum Gasteiger partial charge on any atom is -0.324 e. The monoisotopic (exact) mass is 295 g/mol. The number of nitrogens with one attached hydrogen (secondary N) is 2. The minimum absolute atomic E-state index is 0.0368. The summed E-state index contributed by atoms with van der Waals surface area (Å²) in [7, 11) is 0. The summed E-state index contributed by atoms with van der Waals surface area (Å²) in [5.41, 5.74) is 1.16. The third kappa shape index (κ3) is 3.30. The number of pyridine rings is 1. The number of nitrogens with zero attached hydrogens (tertiary/aromatic N) is 1. The van der Waals surface area contributed by atoms with E-state index in [1.807, 2.05) is 26.8 Å². The van der Waals surface area contributed by atoms with Crippen LogP contribution in [-0.2, 0) is 4.79 Å². The predicted octanol–water partition coefficient (Wildman–Crippen LogP) is 3.01. The number of amides is 1.